The number of amides is 1. The topological polar surface area (TPSA) is 111 Å². The van der Waals surface area contributed by atoms with Crippen molar-refractivity contribution in [3.8, 4) is 11.5 Å². The zero-order valence-corrected chi connectivity index (χ0v) is 17.5. The number of sulfonamides is 1. The third kappa shape index (κ3) is 4.09. The lowest BCUT2D eigenvalue weighted by Crippen LogP contribution is -2.39. The molecule has 0 saturated carbocycles. The van der Waals surface area contributed by atoms with Gasteiger partial charge in [0.15, 0.2) is 11.5 Å². The Morgan fingerprint density at radius 1 is 1.20 bits per heavy atom. The average Bonchev–Trinajstić information content (AvgIpc) is 3.21. The number of ether oxygens (including phenoxy) is 3. The minimum atomic E-state index is -3.87. The van der Waals surface area contributed by atoms with Gasteiger partial charge in [0.1, 0.15) is 6.54 Å². The van der Waals surface area contributed by atoms with Crippen LogP contribution in [-0.2, 0) is 30.9 Å². The van der Waals surface area contributed by atoms with Crippen LogP contribution < -0.4 is 19.1 Å². The Bertz CT molecular complexity index is 1120. The van der Waals surface area contributed by atoms with Crippen LogP contribution in [0.1, 0.15) is 5.56 Å². The predicted octanol–water partition coefficient (Wildman–Crippen LogP) is 1.51. The van der Waals surface area contributed by atoms with E-state index in [9.17, 15) is 18.0 Å². The quantitative estimate of drug-likeness (QED) is 0.660. The number of thioether (sulfide) groups is 1. The SMILES string of the molecule is COC(=O)CN1C(=O)CSc2ccc(S(=O)(=O)NCc3ccc4c(c3)OCO4)cc21. The lowest BCUT2D eigenvalue weighted by Gasteiger charge is -2.28. The fraction of sp³-hybridized carbons (Fsp3) is 0.263. The van der Waals surface area contributed by atoms with Gasteiger partial charge in [0.2, 0.25) is 22.7 Å². The smallest absolute Gasteiger partial charge is 0.325 e. The fourth-order valence-electron chi connectivity index (χ4n) is 3.03. The van der Waals surface area contributed by atoms with Crippen LogP contribution >= 0.6 is 11.8 Å². The van der Waals surface area contributed by atoms with E-state index in [-0.39, 0.29) is 36.4 Å². The zero-order valence-electron chi connectivity index (χ0n) is 15.9. The Balaban J connectivity index is 1.56. The first-order valence-electron chi connectivity index (χ1n) is 8.89. The highest BCUT2D eigenvalue weighted by Gasteiger charge is 2.29. The average molecular weight is 450 g/mol. The second-order valence-electron chi connectivity index (χ2n) is 6.49. The van der Waals surface area contributed by atoms with Gasteiger partial charge in [0, 0.05) is 11.4 Å². The minimum absolute atomic E-state index is 0.00726. The molecule has 4 rings (SSSR count). The molecule has 2 aliphatic heterocycles. The summed E-state index contributed by atoms with van der Waals surface area (Å²) in [5, 5.41) is 0. The molecule has 11 heteroatoms. The summed E-state index contributed by atoms with van der Waals surface area (Å²) in [6.07, 6.45) is 0. The van der Waals surface area contributed by atoms with Gasteiger partial charge in [-0.3, -0.25) is 14.5 Å². The first-order chi connectivity index (χ1) is 14.4. The van der Waals surface area contributed by atoms with E-state index in [4.69, 9.17) is 9.47 Å². The second-order valence-corrected chi connectivity index (χ2v) is 9.27. The molecule has 0 spiro atoms. The molecule has 0 bridgehead atoms. The van der Waals surface area contributed by atoms with Gasteiger partial charge in [-0.15, -0.1) is 11.8 Å². The van der Waals surface area contributed by atoms with Crippen molar-refractivity contribution >= 4 is 39.3 Å². The summed E-state index contributed by atoms with van der Waals surface area (Å²) in [6, 6.07) is 9.68. The number of fused-ring (bicyclic) bond motifs is 2. The zero-order chi connectivity index (χ0) is 21.3. The number of esters is 1. The molecule has 30 heavy (non-hydrogen) atoms. The molecule has 2 aromatic rings. The number of rotatable bonds is 6. The molecular formula is C19H18N2O7S2. The molecule has 2 aromatic carbocycles. The number of nitrogens with one attached hydrogen (secondary N) is 1. The van der Waals surface area contributed by atoms with Crippen molar-refractivity contribution in [2.24, 2.45) is 0 Å². The Labute approximate surface area is 177 Å². The summed E-state index contributed by atoms with van der Waals surface area (Å²) in [5.41, 5.74) is 1.08. The molecular weight excluding hydrogens is 432 g/mol. The van der Waals surface area contributed by atoms with Gasteiger partial charge in [-0.2, -0.15) is 0 Å². The Kier molecular flexibility index (Phi) is 5.58. The molecule has 0 atom stereocenters. The Hall–Kier alpha value is -2.76. The number of anilines is 1. The highest BCUT2D eigenvalue weighted by Crippen LogP contribution is 2.37. The molecule has 2 aliphatic rings. The van der Waals surface area contributed by atoms with Gasteiger partial charge in [-0.1, -0.05) is 6.07 Å². The highest BCUT2D eigenvalue weighted by atomic mass is 32.2. The molecule has 0 fully saturated rings. The van der Waals surface area contributed by atoms with Crippen LogP contribution in [0.25, 0.3) is 0 Å². The molecule has 1 N–H and O–H groups in total. The van der Waals surface area contributed by atoms with Crippen LogP contribution in [0.15, 0.2) is 46.2 Å². The third-order valence-electron chi connectivity index (χ3n) is 4.60. The van der Waals surface area contributed by atoms with Crippen LogP contribution in [0.4, 0.5) is 5.69 Å². The summed E-state index contributed by atoms with van der Waals surface area (Å²) >= 11 is 1.29. The highest BCUT2D eigenvalue weighted by molar-refractivity contribution is 8.00. The lowest BCUT2D eigenvalue weighted by molar-refractivity contribution is -0.139. The molecule has 158 valence electrons. The number of hydrogen-bond donors (Lipinski definition) is 1. The molecule has 0 aliphatic carbocycles. The molecule has 0 unspecified atom stereocenters. The molecule has 2 heterocycles. The van der Waals surface area contributed by atoms with E-state index in [0.717, 1.165) is 0 Å². The number of carbonyl (C=O) groups excluding carboxylic acids is 2. The van der Waals surface area contributed by atoms with Gasteiger partial charge in [0.25, 0.3) is 0 Å². The summed E-state index contributed by atoms with van der Waals surface area (Å²) < 4.78 is 43.4. The van der Waals surface area contributed by atoms with Gasteiger partial charge in [0.05, 0.1) is 23.4 Å². The normalized spacial score (nSPS) is 15.1. The summed E-state index contributed by atoms with van der Waals surface area (Å²) in [5.74, 6) is 0.466. The molecule has 0 aromatic heterocycles. The van der Waals surface area contributed by atoms with Crippen molar-refractivity contribution in [2.45, 2.75) is 16.3 Å². The van der Waals surface area contributed by atoms with E-state index >= 15 is 0 Å². The van der Waals surface area contributed by atoms with Crippen LogP contribution in [0.2, 0.25) is 0 Å². The molecule has 9 nitrogen and oxygen atoms in total. The maximum Gasteiger partial charge on any atom is 0.325 e. The van der Waals surface area contributed by atoms with E-state index in [2.05, 4.69) is 9.46 Å². The number of nitrogens with zero attached hydrogens (tertiary/aromatic N) is 1. The van der Waals surface area contributed by atoms with Crippen molar-refractivity contribution in [2.75, 3.05) is 31.1 Å². The molecule has 0 saturated heterocycles. The minimum Gasteiger partial charge on any atom is -0.468 e. The summed E-state index contributed by atoms with van der Waals surface area (Å²) in [6.45, 7) is -0.0922. The Morgan fingerprint density at radius 2 is 2.00 bits per heavy atom. The monoisotopic (exact) mass is 450 g/mol. The first kappa shape index (κ1) is 20.5. The maximum absolute atomic E-state index is 12.8. The van der Waals surface area contributed by atoms with E-state index in [1.54, 1.807) is 24.3 Å². The van der Waals surface area contributed by atoms with Gasteiger partial charge in [-0.05, 0) is 35.9 Å². The van der Waals surface area contributed by atoms with Crippen LogP contribution in [0, 0.1) is 0 Å². The molecule has 1 amide bonds. The lowest BCUT2D eigenvalue weighted by atomic mass is 10.2. The van der Waals surface area contributed by atoms with Gasteiger partial charge >= 0.3 is 5.97 Å². The standard InChI is InChI=1S/C19H18N2O7S2/c1-26-19(23)9-21-14-7-13(3-5-17(14)29-10-18(21)22)30(24,25)20-8-12-2-4-15-16(6-12)28-11-27-15/h2-7,20H,8-11H2,1H3. The predicted molar refractivity (Wildman–Crippen MR) is 108 cm³/mol. The Morgan fingerprint density at radius 3 is 2.80 bits per heavy atom. The second kappa shape index (κ2) is 8.17. The van der Waals surface area contributed by atoms with Gasteiger partial charge < -0.3 is 14.2 Å². The van der Waals surface area contributed by atoms with Crippen LogP contribution in [0.3, 0.4) is 0 Å². The van der Waals surface area contributed by atoms with Gasteiger partial charge in [-0.25, -0.2) is 13.1 Å². The fourth-order valence-corrected chi connectivity index (χ4v) is 4.98. The number of benzene rings is 2. The first-order valence-corrected chi connectivity index (χ1v) is 11.4. The maximum atomic E-state index is 12.8. The summed E-state index contributed by atoms with van der Waals surface area (Å²) in [7, 11) is -2.64. The van der Waals surface area contributed by atoms with E-state index < -0.39 is 16.0 Å². The largest absolute Gasteiger partial charge is 0.468 e. The van der Waals surface area contributed by atoms with Crippen molar-refractivity contribution in [3.05, 3.63) is 42.0 Å². The number of hydrogen-bond acceptors (Lipinski definition) is 8. The van der Waals surface area contributed by atoms with E-state index in [1.165, 1.54) is 35.9 Å². The van der Waals surface area contributed by atoms with E-state index in [1.807, 2.05) is 0 Å². The number of carbonyl (C=O) groups is 2. The van der Waals surface area contributed by atoms with Crippen molar-refractivity contribution in [1.82, 2.24) is 4.72 Å². The van der Waals surface area contributed by atoms with E-state index in [0.29, 0.717) is 27.6 Å². The van der Waals surface area contributed by atoms with Crippen LogP contribution in [0.5, 0.6) is 11.5 Å². The molecule has 0 radical (unpaired) electrons. The van der Waals surface area contributed by atoms with Crippen molar-refractivity contribution in [3.63, 3.8) is 0 Å². The summed E-state index contributed by atoms with van der Waals surface area (Å²) in [4.78, 5) is 25.9. The van der Waals surface area contributed by atoms with Crippen molar-refractivity contribution < 1.29 is 32.2 Å². The third-order valence-corrected chi connectivity index (χ3v) is 7.05. The van der Waals surface area contributed by atoms with Crippen LogP contribution in [-0.4, -0.2) is 46.5 Å². The number of methoxy groups -OCH3 is 1. The van der Waals surface area contributed by atoms with Crippen molar-refractivity contribution in [1.29, 1.82) is 0 Å².